The van der Waals surface area contributed by atoms with Crippen molar-refractivity contribution in [2.75, 3.05) is 13.2 Å². The van der Waals surface area contributed by atoms with E-state index in [1.54, 1.807) is 11.3 Å². The number of nitrogens with zero attached hydrogens (tertiary/aromatic N) is 2. The Bertz CT molecular complexity index is 1140. The van der Waals surface area contributed by atoms with Crippen molar-refractivity contribution in [2.45, 2.75) is 20.0 Å². The number of benzene rings is 2. The zero-order valence-electron chi connectivity index (χ0n) is 17.5. The van der Waals surface area contributed by atoms with Crippen LogP contribution in [0, 0.1) is 0 Å². The van der Waals surface area contributed by atoms with Crippen LogP contribution in [0.25, 0.3) is 22.0 Å². The fourth-order valence-corrected chi connectivity index (χ4v) is 4.07. The first-order chi connectivity index (χ1) is 15.2. The van der Waals surface area contributed by atoms with Crippen molar-refractivity contribution in [1.82, 2.24) is 9.97 Å². The average Bonchev–Trinajstić information content (AvgIpc) is 3.31. The van der Waals surface area contributed by atoms with Gasteiger partial charge in [0.15, 0.2) is 11.5 Å². The highest BCUT2D eigenvalue weighted by atomic mass is 32.1. The van der Waals surface area contributed by atoms with Crippen LogP contribution in [0.2, 0.25) is 0 Å². The molecule has 5 nitrogen and oxygen atoms in total. The molecule has 2 aromatic carbocycles. The van der Waals surface area contributed by atoms with Crippen LogP contribution < -0.4 is 9.47 Å². The maximum absolute atomic E-state index is 10.7. The van der Waals surface area contributed by atoms with Crippen molar-refractivity contribution in [3.63, 3.8) is 0 Å². The number of thiazole rings is 1. The van der Waals surface area contributed by atoms with Gasteiger partial charge in [-0.15, -0.1) is 11.3 Å². The molecule has 2 aromatic heterocycles. The van der Waals surface area contributed by atoms with E-state index in [0.29, 0.717) is 24.7 Å². The molecule has 1 atom stereocenters. The van der Waals surface area contributed by atoms with Crippen molar-refractivity contribution in [1.29, 1.82) is 0 Å². The number of aromatic nitrogens is 2. The summed E-state index contributed by atoms with van der Waals surface area (Å²) in [5, 5.41) is 13.5. The maximum Gasteiger partial charge on any atom is 0.161 e. The number of aliphatic hydroxyl groups is 1. The molecule has 0 bridgehead atoms. The van der Waals surface area contributed by atoms with E-state index in [1.807, 2.05) is 86.0 Å². The smallest absolute Gasteiger partial charge is 0.161 e. The summed E-state index contributed by atoms with van der Waals surface area (Å²) in [4.78, 5) is 9.44. The molecule has 0 saturated carbocycles. The van der Waals surface area contributed by atoms with Crippen molar-refractivity contribution in [3.05, 3.63) is 83.4 Å². The van der Waals surface area contributed by atoms with Gasteiger partial charge in [-0.3, -0.25) is 0 Å². The van der Waals surface area contributed by atoms with Crippen LogP contribution in [0.1, 0.15) is 31.2 Å². The Labute approximate surface area is 186 Å². The second kappa shape index (κ2) is 9.73. The van der Waals surface area contributed by atoms with Gasteiger partial charge in [-0.05, 0) is 49.7 Å². The number of pyridine rings is 1. The molecular formula is C25H24N2O3S. The highest BCUT2D eigenvalue weighted by Gasteiger charge is 2.15. The average molecular weight is 433 g/mol. The summed E-state index contributed by atoms with van der Waals surface area (Å²) < 4.78 is 11.4. The molecule has 0 amide bonds. The Morgan fingerprint density at radius 2 is 1.61 bits per heavy atom. The van der Waals surface area contributed by atoms with Gasteiger partial charge >= 0.3 is 0 Å². The molecule has 0 saturated heterocycles. The molecule has 31 heavy (non-hydrogen) atoms. The molecule has 0 radical (unpaired) electrons. The normalized spacial score (nSPS) is 11.8. The summed E-state index contributed by atoms with van der Waals surface area (Å²) >= 11 is 1.54. The molecule has 0 fully saturated rings. The van der Waals surface area contributed by atoms with Crippen molar-refractivity contribution >= 4 is 11.3 Å². The first-order valence-corrected chi connectivity index (χ1v) is 11.1. The third-order valence-electron chi connectivity index (χ3n) is 4.72. The van der Waals surface area contributed by atoms with Crippen molar-refractivity contribution < 1.29 is 14.6 Å². The summed E-state index contributed by atoms with van der Waals surface area (Å²) in [6.07, 6.45) is -0.779. The Kier molecular flexibility index (Phi) is 6.60. The minimum atomic E-state index is -0.779. The van der Waals surface area contributed by atoms with Crippen LogP contribution >= 0.6 is 11.3 Å². The zero-order chi connectivity index (χ0) is 21.6. The monoisotopic (exact) mass is 432 g/mol. The molecule has 2 heterocycles. The third-order valence-corrected chi connectivity index (χ3v) is 5.61. The van der Waals surface area contributed by atoms with Crippen LogP contribution in [0.5, 0.6) is 11.5 Å². The SMILES string of the molecule is CCOc1ccc(-c2nc(-c3cccc(C(O)c4ccccc4)n3)cs2)cc1OCC. The summed E-state index contributed by atoms with van der Waals surface area (Å²) in [5.74, 6) is 1.44. The number of hydrogen-bond acceptors (Lipinski definition) is 6. The largest absolute Gasteiger partial charge is 0.490 e. The van der Waals surface area contributed by atoms with Gasteiger partial charge in [0, 0.05) is 10.9 Å². The summed E-state index contributed by atoms with van der Waals surface area (Å²) in [5.41, 5.74) is 3.87. The van der Waals surface area contributed by atoms with Crippen LogP contribution in [0.4, 0.5) is 0 Å². The van der Waals surface area contributed by atoms with Gasteiger partial charge in [0.25, 0.3) is 0 Å². The van der Waals surface area contributed by atoms with E-state index in [2.05, 4.69) is 4.98 Å². The van der Waals surface area contributed by atoms with Gasteiger partial charge < -0.3 is 14.6 Å². The predicted octanol–water partition coefficient (Wildman–Crippen LogP) is 5.75. The zero-order valence-corrected chi connectivity index (χ0v) is 18.3. The molecule has 6 heteroatoms. The number of ether oxygens (including phenoxy) is 2. The van der Waals surface area contributed by atoms with Crippen LogP contribution in [-0.4, -0.2) is 28.3 Å². The first-order valence-electron chi connectivity index (χ1n) is 10.3. The van der Waals surface area contributed by atoms with Gasteiger partial charge in [-0.2, -0.15) is 0 Å². The van der Waals surface area contributed by atoms with Crippen molar-refractivity contribution in [3.8, 4) is 33.5 Å². The van der Waals surface area contributed by atoms with Gasteiger partial charge in [0.2, 0.25) is 0 Å². The minimum Gasteiger partial charge on any atom is -0.490 e. The second-order valence-electron chi connectivity index (χ2n) is 6.83. The van der Waals surface area contributed by atoms with Crippen LogP contribution in [-0.2, 0) is 0 Å². The fourth-order valence-electron chi connectivity index (χ4n) is 3.26. The summed E-state index contributed by atoms with van der Waals surface area (Å²) in [7, 11) is 0. The topological polar surface area (TPSA) is 64.5 Å². The lowest BCUT2D eigenvalue weighted by atomic mass is 10.1. The van der Waals surface area contributed by atoms with Crippen molar-refractivity contribution in [2.24, 2.45) is 0 Å². The Hall–Kier alpha value is -3.22. The van der Waals surface area contributed by atoms with E-state index < -0.39 is 6.10 Å². The standard InChI is InChI=1S/C25H24N2O3S/c1-3-29-22-14-13-18(15-23(22)30-4-2)25-27-21(16-31-25)19-11-8-12-20(26-19)24(28)17-9-6-5-7-10-17/h5-16,24,28H,3-4H2,1-2H3. The van der Waals surface area contributed by atoms with Crippen LogP contribution in [0.15, 0.2) is 72.1 Å². The third kappa shape index (κ3) is 4.76. The highest BCUT2D eigenvalue weighted by Crippen LogP contribution is 2.35. The van der Waals surface area contributed by atoms with E-state index in [4.69, 9.17) is 14.5 Å². The lowest BCUT2D eigenvalue weighted by Gasteiger charge is -2.11. The van der Waals surface area contributed by atoms with E-state index in [1.165, 1.54) is 0 Å². The first kappa shape index (κ1) is 21.0. The molecule has 1 unspecified atom stereocenters. The second-order valence-corrected chi connectivity index (χ2v) is 7.68. The van der Waals surface area contributed by atoms with Gasteiger partial charge in [0.1, 0.15) is 16.8 Å². The fraction of sp³-hybridized carbons (Fsp3) is 0.200. The van der Waals surface area contributed by atoms with Gasteiger partial charge in [-0.1, -0.05) is 36.4 Å². The molecule has 0 aliphatic rings. The lowest BCUT2D eigenvalue weighted by molar-refractivity contribution is 0.215. The number of hydrogen-bond donors (Lipinski definition) is 1. The molecule has 1 N–H and O–H groups in total. The summed E-state index contributed by atoms with van der Waals surface area (Å²) in [6, 6.07) is 21.0. The van der Waals surface area contributed by atoms with Gasteiger partial charge in [0.05, 0.1) is 24.6 Å². The van der Waals surface area contributed by atoms with E-state index in [-0.39, 0.29) is 0 Å². The molecule has 158 valence electrons. The quantitative estimate of drug-likeness (QED) is 0.384. The van der Waals surface area contributed by atoms with E-state index in [0.717, 1.165) is 33.3 Å². The maximum atomic E-state index is 10.7. The van der Waals surface area contributed by atoms with E-state index in [9.17, 15) is 5.11 Å². The lowest BCUT2D eigenvalue weighted by Crippen LogP contribution is -2.02. The van der Waals surface area contributed by atoms with E-state index >= 15 is 0 Å². The Morgan fingerprint density at radius 1 is 0.839 bits per heavy atom. The number of rotatable bonds is 8. The van der Waals surface area contributed by atoms with Gasteiger partial charge in [-0.25, -0.2) is 9.97 Å². The predicted molar refractivity (Wildman–Crippen MR) is 124 cm³/mol. The Morgan fingerprint density at radius 3 is 2.39 bits per heavy atom. The molecule has 4 rings (SSSR count). The number of aliphatic hydroxyl groups excluding tert-OH is 1. The summed E-state index contributed by atoms with van der Waals surface area (Å²) in [6.45, 7) is 5.05. The molecule has 0 aliphatic heterocycles. The molecule has 4 aromatic rings. The highest BCUT2D eigenvalue weighted by molar-refractivity contribution is 7.13. The van der Waals surface area contributed by atoms with Crippen LogP contribution in [0.3, 0.4) is 0 Å². The molecular weight excluding hydrogens is 408 g/mol. The Balaban J connectivity index is 1.61. The molecule has 0 aliphatic carbocycles. The molecule has 0 spiro atoms. The minimum absolute atomic E-state index is 0.563.